The van der Waals surface area contributed by atoms with E-state index in [0.717, 1.165) is 6.26 Å². The number of sulfone groups is 1. The quantitative estimate of drug-likeness (QED) is 0.581. The minimum absolute atomic E-state index is 0.0823. The fraction of sp³-hybridized carbons (Fsp3) is 0.438. The molecule has 0 N–H and O–H groups in total. The molecule has 0 bridgehead atoms. The molecule has 0 radical (unpaired) electrons. The average Bonchev–Trinajstić information content (AvgIpc) is 2.47. The molecular formula is C16H17ClO6S. The molecule has 0 heterocycles. The van der Waals surface area contributed by atoms with Crippen molar-refractivity contribution in [2.75, 3.05) is 12.9 Å². The third-order valence-electron chi connectivity index (χ3n) is 3.77. The van der Waals surface area contributed by atoms with Gasteiger partial charge in [-0.3, -0.25) is 14.4 Å². The molecule has 2 rings (SSSR count). The Morgan fingerprint density at radius 3 is 2.33 bits per heavy atom. The van der Waals surface area contributed by atoms with Crippen LogP contribution < -0.4 is 4.74 Å². The van der Waals surface area contributed by atoms with E-state index in [1.807, 2.05) is 0 Å². The van der Waals surface area contributed by atoms with E-state index in [1.54, 1.807) is 6.92 Å². The molecule has 1 aromatic rings. The average molecular weight is 373 g/mol. The number of ketones is 3. The first kappa shape index (κ1) is 18.6. The predicted octanol–water partition coefficient (Wildman–Crippen LogP) is 2.26. The topological polar surface area (TPSA) is 94.6 Å². The largest absolute Gasteiger partial charge is 0.491 e. The molecule has 0 aliphatic heterocycles. The third kappa shape index (κ3) is 3.52. The number of hydrogen-bond acceptors (Lipinski definition) is 6. The SMILES string of the molecule is CCOc1c(S(C)(=O)=O)ccc(C(=O)C2C(=O)CCCC2=O)c1Cl. The second kappa shape index (κ2) is 7.03. The molecule has 6 nitrogen and oxygen atoms in total. The first-order valence-electron chi connectivity index (χ1n) is 7.43. The number of halogens is 1. The summed E-state index contributed by atoms with van der Waals surface area (Å²) in [5, 5.41) is -0.198. The maximum Gasteiger partial charge on any atom is 0.182 e. The molecule has 1 aliphatic carbocycles. The molecule has 0 saturated heterocycles. The number of ether oxygens (including phenoxy) is 1. The van der Waals surface area contributed by atoms with Crippen LogP contribution in [0.3, 0.4) is 0 Å². The van der Waals surface area contributed by atoms with Gasteiger partial charge in [-0.15, -0.1) is 0 Å². The monoisotopic (exact) mass is 372 g/mol. The van der Waals surface area contributed by atoms with E-state index in [-0.39, 0.29) is 40.7 Å². The molecule has 8 heteroatoms. The highest BCUT2D eigenvalue weighted by molar-refractivity contribution is 7.90. The van der Waals surface area contributed by atoms with Crippen LogP contribution in [-0.2, 0) is 19.4 Å². The Bertz CT molecular complexity index is 796. The van der Waals surface area contributed by atoms with E-state index in [4.69, 9.17) is 16.3 Å². The minimum atomic E-state index is -3.62. The molecule has 0 spiro atoms. The Labute approximate surface area is 145 Å². The highest BCUT2D eigenvalue weighted by Gasteiger charge is 2.38. The first-order valence-corrected chi connectivity index (χ1v) is 9.70. The van der Waals surface area contributed by atoms with Crippen molar-refractivity contribution < 1.29 is 27.5 Å². The van der Waals surface area contributed by atoms with Crippen molar-refractivity contribution in [3.63, 3.8) is 0 Å². The van der Waals surface area contributed by atoms with E-state index in [0.29, 0.717) is 6.42 Å². The third-order valence-corrected chi connectivity index (χ3v) is 5.26. The van der Waals surface area contributed by atoms with Gasteiger partial charge in [0, 0.05) is 24.7 Å². The first-order chi connectivity index (χ1) is 11.2. The van der Waals surface area contributed by atoms with Crippen LogP contribution in [0.5, 0.6) is 5.75 Å². The van der Waals surface area contributed by atoms with Crippen LogP contribution in [0.2, 0.25) is 5.02 Å². The Morgan fingerprint density at radius 2 is 1.83 bits per heavy atom. The molecule has 0 amide bonds. The van der Waals surface area contributed by atoms with Crippen LogP contribution in [-0.4, -0.2) is 38.6 Å². The van der Waals surface area contributed by atoms with Gasteiger partial charge in [0.2, 0.25) is 0 Å². The van der Waals surface area contributed by atoms with Gasteiger partial charge in [0.05, 0.1) is 11.6 Å². The van der Waals surface area contributed by atoms with Gasteiger partial charge in [-0.2, -0.15) is 0 Å². The van der Waals surface area contributed by atoms with Crippen molar-refractivity contribution in [3.8, 4) is 5.75 Å². The zero-order valence-corrected chi connectivity index (χ0v) is 14.9. The predicted molar refractivity (Wildman–Crippen MR) is 87.4 cm³/mol. The summed E-state index contributed by atoms with van der Waals surface area (Å²) < 4.78 is 29.0. The Morgan fingerprint density at radius 1 is 1.25 bits per heavy atom. The van der Waals surface area contributed by atoms with Gasteiger partial charge in [-0.25, -0.2) is 8.42 Å². The Balaban J connectivity index is 2.55. The lowest BCUT2D eigenvalue weighted by atomic mass is 9.81. The summed E-state index contributed by atoms with van der Waals surface area (Å²) >= 11 is 6.18. The number of carbonyl (C=O) groups is 3. The summed E-state index contributed by atoms with van der Waals surface area (Å²) in [7, 11) is -3.62. The standard InChI is InChI=1S/C16H17ClO6S/c1-3-23-16-12(24(2,21)22)8-7-9(14(16)17)15(20)13-10(18)5-4-6-11(13)19/h7-8,13H,3-6H2,1-2H3. The van der Waals surface area contributed by atoms with Crippen molar-refractivity contribution in [3.05, 3.63) is 22.7 Å². The molecular weight excluding hydrogens is 356 g/mol. The van der Waals surface area contributed by atoms with Crippen molar-refractivity contribution in [1.82, 2.24) is 0 Å². The Kier molecular flexibility index (Phi) is 5.45. The molecule has 24 heavy (non-hydrogen) atoms. The number of hydrogen-bond donors (Lipinski definition) is 0. The van der Waals surface area contributed by atoms with Crippen LogP contribution in [0.25, 0.3) is 0 Å². The van der Waals surface area contributed by atoms with Crippen molar-refractivity contribution in [1.29, 1.82) is 0 Å². The second-order valence-electron chi connectivity index (χ2n) is 5.54. The zero-order chi connectivity index (χ0) is 18.1. The fourth-order valence-electron chi connectivity index (χ4n) is 2.65. The normalized spacial score (nSPS) is 16.3. The summed E-state index contributed by atoms with van der Waals surface area (Å²) in [6, 6.07) is 2.43. The van der Waals surface area contributed by atoms with Crippen molar-refractivity contribution >= 4 is 38.8 Å². The van der Waals surface area contributed by atoms with Crippen LogP contribution in [0, 0.1) is 5.92 Å². The molecule has 0 atom stereocenters. The van der Waals surface area contributed by atoms with Gasteiger partial charge in [0.25, 0.3) is 0 Å². The summed E-state index contributed by atoms with van der Waals surface area (Å²) in [6.45, 7) is 1.78. The Hall–Kier alpha value is -1.73. The van der Waals surface area contributed by atoms with Gasteiger partial charge in [-0.05, 0) is 25.5 Å². The molecule has 1 fully saturated rings. The molecule has 1 aliphatic rings. The molecule has 1 aromatic carbocycles. The van der Waals surface area contributed by atoms with Gasteiger partial charge in [0.15, 0.2) is 32.9 Å². The molecule has 1 saturated carbocycles. The number of rotatable bonds is 5. The van der Waals surface area contributed by atoms with Gasteiger partial charge < -0.3 is 4.74 Å². The lowest BCUT2D eigenvalue weighted by Crippen LogP contribution is -2.35. The number of benzene rings is 1. The molecule has 0 unspecified atom stereocenters. The minimum Gasteiger partial charge on any atom is -0.491 e. The van der Waals surface area contributed by atoms with E-state index in [1.165, 1.54) is 12.1 Å². The van der Waals surface area contributed by atoms with Crippen LogP contribution >= 0.6 is 11.6 Å². The van der Waals surface area contributed by atoms with Crippen LogP contribution in [0.15, 0.2) is 17.0 Å². The zero-order valence-electron chi connectivity index (χ0n) is 13.3. The molecule has 0 aromatic heterocycles. The van der Waals surface area contributed by atoms with Crippen molar-refractivity contribution in [2.45, 2.75) is 31.1 Å². The van der Waals surface area contributed by atoms with Gasteiger partial charge in [-0.1, -0.05) is 11.6 Å². The van der Waals surface area contributed by atoms with E-state index in [9.17, 15) is 22.8 Å². The summed E-state index contributed by atoms with van der Waals surface area (Å²) in [5.74, 6) is -3.08. The smallest absolute Gasteiger partial charge is 0.182 e. The molecule has 130 valence electrons. The fourth-order valence-corrected chi connectivity index (χ4v) is 3.83. The maximum atomic E-state index is 12.6. The highest BCUT2D eigenvalue weighted by Crippen LogP contribution is 2.37. The summed E-state index contributed by atoms with van der Waals surface area (Å²) in [5.41, 5.74) is -0.0823. The van der Waals surface area contributed by atoms with E-state index >= 15 is 0 Å². The maximum absolute atomic E-state index is 12.6. The van der Waals surface area contributed by atoms with Crippen LogP contribution in [0.4, 0.5) is 0 Å². The van der Waals surface area contributed by atoms with E-state index in [2.05, 4.69) is 0 Å². The second-order valence-corrected chi connectivity index (χ2v) is 7.91. The summed E-state index contributed by atoms with van der Waals surface area (Å²) in [6.07, 6.45) is 1.77. The van der Waals surface area contributed by atoms with Gasteiger partial charge >= 0.3 is 0 Å². The van der Waals surface area contributed by atoms with Gasteiger partial charge in [0.1, 0.15) is 10.8 Å². The summed E-state index contributed by atoms with van der Waals surface area (Å²) in [4.78, 5) is 36.4. The van der Waals surface area contributed by atoms with E-state index < -0.39 is 33.1 Å². The van der Waals surface area contributed by atoms with Crippen molar-refractivity contribution in [2.24, 2.45) is 5.92 Å². The number of Topliss-reactive ketones (excluding diaryl/α,β-unsaturated/α-hetero) is 3. The lowest BCUT2D eigenvalue weighted by Gasteiger charge is -2.20. The van der Waals surface area contributed by atoms with Crippen LogP contribution in [0.1, 0.15) is 36.5 Å². The number of carbonyl (C=O) groups excluding carboxylic acids is 3. The highest BCUT2D eigenvalue weighted by atomic mass is 35.5. The lowest BCUT2D eigenvalue weighted by molar-refractivity contribution is -0.133.